The van der Waals surface area contributed by atoms with Crippen LogP contribution in [0.15, 0.2) is 24.3 Å². The quantitative estimate of drug-likeness (QED) is 0.0371. The van der Waals surface area contributed by atoms with Gasteiger partial charge in [-0.05, 0) is 38.5 Å². The van der Waals surface area contributed by atoms with Crippen molar-refractivity contribution in [1.82, 2.24) is 5.32 Å². The molecule has 0 fully saturated rings. The second-order valence-electron chi connectivity index (χ2n) is 15.9. The van der Waals surface area contributed by atoms with Crippen LogP contribution >= 0.6 is 0 Å². The molecule has 0 saturated carbocycles. The summed E-state index contributed by atoms with van der Waals surface area (Å²) in [6, 6.07) is -0.807. The number of aliphatic hydroxyl groups excluding tert-OH is 3. The third-order valence-corrected chi connectivity index (χ3v) is 10.8. The molecule has 0 aliphatic rings. The van der Waals surface area contributed by atoms with Gasteiger partial charge in [-0.25, -0.2) is 0 Å². The van der Waals surface area contributed by atoms with Crippen LogP contribution in [0.3, 0.4) is 0 Å². The summed E-state index contributed by atoms with van der Waals surface area (Å²) in [6.07, 6.45) is 51.5. The van der Waals surface area contributed by atoms with E-state index in [9.17, 15) is 20.1 Å². The molecule has 0 radical (unpaired) electrons. The van der Waals surface area contributed by atoms with E-state index in [-0.39, 0.29) is 12.5 Å². The highest BCUT2D eigenvalue weighted by Crippen LogP contribution is 2.17. The fourth-order valence-electron chi connectivity index (χ4n) is 7.26. The molecular weight excluding hydrogens is 643 g/mol. The summed E-state index contributed by atoms with van der Waals surface area (Å²) in [7, 11) is 0. The normalized spacial score (nSPS) is 13.7. The highest BCUT2D eigenvalue weighted by atomic mass is 16.3. The monoisotopic (exact) mass is 734 g/mol. The van der Waals surface area contributed by atoms with Crippen molar-refractivity contribution in [2.45, 2.75) is 263 Å². The molecular formula is C47H91NO4. The summed E-state index contributed by atoms with van der Waals surface area (Å²) >= 11 is 0. The minimum Gasteiger partial charge on any atom is -0.394 e. The van der Waals surface area contributed by atoms with Crippen LogP contribution in [0.25, 0.3) is 0 Å². The highest BCUT2D eigenvalue weighted by Gasteiger charge is 2.26. The lowest BCUT2D eigenvalue weighted by atomic mass is 9.99. The highest BCUT2D eigenvalue weighted by molar-refractivity contribution is 5.76. The number of carbonyl (C=O) groups excluding carboxylic acids is 1. The van der Waals surface area contributed by atoms with Crippen LogP contribution in [-0.4, -0.2) is 46.1 Å². The molecule has 0 rings (SSSR count). The minimum absolute atomic E-state index is 0.143. The first-order valence-corrected chi connectivity index (χ1v) is 23.1. The topological polar surface area (TPSA) is 89.8 Å². The molecule has 0 aromatic carbocycles. The Kier molecular flexibility index (Phi) is 41.6. The molecule has 0 heterocycles. The van der Waals surface area contributed by atoms with E-state index in [4.69, 9.17) is 0 Å². The number of rotatable bonds is 42. The Morgan fingerprint density at radius 2 is 0.885 bits per heavy atom. The molecule has 0 spiro atoms. The van der Waals surface area contributed by atoms with Crippen molar-refractivity contribution in [3.05, 3.63) is 24.3 Å². The summed E-state index contributed by atoms with van der Waals surface area (Å²) in [5, 5.41) is 33.6. The maximum atomic E-state index is 12.4. The maximum absolute atomic E-state index is 12.4. The first-order chi connectivity index (χ1) is 25.6. The molecule has 5 heteroatoms. The number of aliphatic hydroxyl groups is 3. The van der Waals surface area contributed by atoms with Gasteiger partial charge in [0.2, 0.25) is 5.91 Å². The molecule has 3 unspecified atom stereocenters. The largest absolute Gasteiger partial charge is 0.394 e. The third kappa shape index (κ3) is 37.2. The number of hydrogen-bond donors (Lipinski definition) is 4. The van der Waals surface area contributed by atoms with Gasteiger partial charge < -0.3 is 20.6 Å². The Labute approximate surface area is 324 Å². The zero-order chi connectivity index (χ0) is 38.0. The van der Waals surface area contributed by atoms with Crippen molar-refractivity contribution in [2.75, 3.05) is 6.61 Å². The van der Waals surface area contributed by atoms with Gasteiger partial charge in [-0.3, -0.25) is 4.79 Å². The van der Waals surface area contributed by atoms with Crippen molar-refractivity contribution in [2.24, 2.45) is 0 Å². The first kappa shape index (κ1) is 50.8. The van der Waals surface area contributed by atoms with Gasteiger partial charge in [-0.2, -0.15) is 0 Å². The van der Waals surface area contributed by atoms with Crippen LogP contribution in [0.5, 0.6) is 0 Å². The molecule has 4 N–H and O–H groups in total. The zero-order valence-corrected chi connectivity index (χ0v) is 35.0. The van der Waals surface area contributed by atoms with Crippen molar-refractivity contribution in [1.29, 1.82) is 0 Å². The summed E-state index contributed by atoms with van der Waals surface area (Å²) < 4.78 is 0. The van der Waals surface area contributed by atoms with Crippen LogP contribution in [0, 0.1) is 0 Å². The Balaban J connectivity index is 3.58. The van der Waals surface area contributed by atoms with Gasteiger partial charge in [0.25, 0.3) is 0 Å². The van der Waals surface area contributed by atoms with E-state index in [1.807, 2.05) is 0 Å². The van der Waals surface area contributed by atoms with Crippen molar-refractivity contribution in [3.63, 3.8) is 0 Å². The number of carbonyl (C=O) groups is 1. The Morgan fingerprint density at radius 3 is 1.31 bits per heavy atom. The van der Waals surface area contributed by atoms with E-state index < -0.39 is 18.2 Å². The molecule has 0 aromatic rings. The van der Waals surface area contributed by atoms with Gasteiger partial charge in [-0.15, -0.1) is 0 Å². The van der Waals surface area contributed by atoms with Crippen LogP contribution in [-0.2, 0) is 4.79 Å². The molecule has 308 valence electrons. The van der Waals surface area contributed by atoms with Gasteiger partial charge in [0.15, 0.2) is 0 Å². The van der Waals surface area contributed by atoms with Gasteiger partial charge in [0.05, 0.1) is 18.8 Å². The van der Waals surface area contributed by atoms with Gasteiger partial charge in [0.1, 0.15) is 6.10 Å². The molecule has 3 atom stereocenters. The van der Waals surface area contributed by atoms with Gasteiger partial charge >= 0.3 is 0 Å². The summed E-state index contributed by atoms with van der Waals surface area (Å²) in [6.45, 7) is 4.09. The molecule has 5 nitrogen and oxygen atoms in total. The van der Waals surface area contributed by atoms with E-state index in [1.54, 1.807) is 0 Å². The Bertz CT molecular complexity index is 768. The lowest BCUT2D eigenvalue weighted by molar-refractivity contribution is -0.124. The SMILES string of the molecule is CC/C=C\C/C=C\CCCCCCCCCCCCCCCCC(=O)NC(CO)C(O)C(O)CCCCCCCCCCCCCCCCCCC. The lowest BCUT2D eigenvalue weighted by Gasteiger charge is -2.26. The number of nitrogens with one attached hydrogen (secondary N) is 1. The van der Waals surface area contributed by atoms with Crippen LogP contribution in [0.1, 0.15) is 245 Å². The molecule has 0 aliphatic carbocycles. The minimum atomic E-state index is -1.13. The number of hydrogen-bond acceptors (Lipinski definition) is 4. The number of unbranched alkanes of at least 4 members (excludes halogenated alkanes) is 30. The van der Waals surface area contributed by atoms with E-state index in [0.29, 0.717) is 12.8 Å². The predicted octanol–water partition coefficient (Wildman–Crippen LogP) is 13.4. The summed E-state index contributed by atoms with van der Waals surface area (Å²) in [5.74, 6) is -0.143. The van der Waals surface area contributed by atoms with Crippen molar-refractivity contribution >= 4 is 5.91 Å². The summed E-state index contributed by atoms with van der Waals surface area (Å²) in [5.41, 5.74) is 0. The van der Waals surface area contributed by atoms with E-state index >= 15 is 0 Å². The molecule has 0 aliphatic heterocycles. The maximum Gasteiger partial charge on any atom is 0.220 e. The summed E-state index contributed by atoms with van der Waals surface area (Å²) in [4.78, 5) is 12.4. The predicted molar refractivity (Wildman–Crippen MR) is 227 cm³/mol. The lowest BCUT2D eigenvalue weighted by Crippen LogP contribution is -2.50. The second kappa shape index (κ2) is 42.6. The van der Waals surface area contributed by atoms with Crippen LogP contribution < -0.4 is 5.32 Å². The van der Waals surface area contributed by atoms with Crippen LogP contribution in [0.2, 0.25) is 0 Å². The average molecular weight is 734 g/mol. The van der Waals surface area contributed by atoms with Crippen molar-refractivity contribution < 1.29 is 20.1 Å². The van der Waals surface area contributed by atoms with E-state index in [1.165, 1.54) is 167 Å². The smallest absolute Gasteiger partial charge is 0.220 e. The Hall–Kier alpha value is -1.17. The third-order valence-electron chi connectivity index (χ3n) is 10.8. The van der Waals surface area contributed by atoms with Gasteiger partial charge in [0, 0.05) is 6.42 Å². The molecule has 0 saturated heterocycles. The van der Waals surface area contributed by atoms with Crippen LogP contribution in [0.4, 0.5) is 0 Å². The Morgan fingerprint density at radius 1 is 0.500 bits per heavy atom. The van der Waals surface area contributed by atoms with E-state index in [2.05, 4.69) is 43.5 Å². The standard InChI is InChI=1S/C47H91NO4/c1-3-5-7-9-11-13-15-17-19-21-22-23-24-26-28-30-32-34-36-38-40-42-46(51)48-44(43-49)47(52)45(50)41-39-37-35-33-31-29-27-25-20-18-16-14-12-10-8-6-4-2/h5,7,11,13,44-45,47,49-50,52H,3-4,6,8-10,12,14-43H2,1-2H3,(H,48,51)/b7-5-,13-11-. The molecule has 0 aromatic heterocycles. The number of allylic oxidation sites excluding steroid dienone is 4. The fourth-order valence-corrected chi connectivity index (χ4v) is 7.26. The first-order valence-electron chi connectivity index (χ1n) is 23.1. The molecule has 52 heavy (non-hydrogen) atoms. The van der Waals surface area contributed by atoms with Gasteiger partial charge in [-0.1, -0.05) is 224 Å². The average Bonchev–Trinajstić information content (AvgIpc) is 3.15. The fraction of sp³-hybridized carbons (Fsp3) is 0.894. The molecule has 0 bridgehead atoms. The second-order valence-corrected chi connectivity index (χ2v) is 15.9. The van der Waals surface area contributed by atoms with Crippen molar-refractivity contribution in [3.8, 4) is 0 Å². The zero-order valence-electron chi connectivity index (χ0n) is 35.0. The number of amides is 1. The van der Waals surface area contributed by atoms with E-state index in [0.717, 1.165) is 51.4 Å². The molecule has 1 amide bonds.